The SMILES string of the molecule is CCOC(=O)C1(CSc2ccc(C)cc2)OC(=O)C(O)=C1Sc1ccc(C)cc1. The van der Waals surface area contributed by atoms with Gasteiger partial charge in [-0.3, -0.25) is 0 Å². The molecule has 2 aromatic rings. The molecule has 1 N–H and O–H groups in total. The summed E-state index contributed by atoms with van der Waals surface area (Å²) < 4.78 is 10.7. The molecule has 5 nitrogen and oxygen atoms in total. The number of aliphatic hydroxyl groups excluding tert-OH is 1. The molecule has 29 heavy (non-hydrogen) atoms. The zero-order valence-electron chi connectivity index (χ0n) is 16.4. The second kappa shape index (κ2) is 8.97. The molecule has 0 bridgehead atoms. The highest BCUT2D eigenvalue weighted by Crippen LogP contribution is 2.46. The summed E-state index contributed by atoms with van der Waals surface area (Å²) in [5.41, 5.74) is 0.509. The van der Waals surface area contributed by atoms with Gasteiger partial charge in [0.1, 0.15) is 0 Å². The van der Waals surface area contributed by atoms with E-state index >= 15 is 0 Å². The van der Waals surface area contributed by atoms with E-state index in [4.69, 9.17) is 9.47 Å². The van der Waals surface area contributed by atoms with Crippen LogP contribution in [0.15, 0.2) is 69.0 Å². The molecule has 0 amide bonds. The van der Waals surface area contributed by atoms with Gasteiger partial charge in [-0.2, -0.15) is 0 Å². The first-order valence-corrected chi connectivity index (χ1v) is 10.9. The number of ether oxygens (including phenoxy) is 2. The topological polar surface area (TPSA) is 72.8 Å². The fraction of sp³-hybridized carbons (Fsp3) is 0.273. The van der Waals surface area contributed by atoms with Crippen molar-refractivity contribution in [3.63, 3.8) is 0 Å². The normalized spacial score (nSPS) is 18.7. The number of cyclic esters (lactones) is 1. The minimum Gasteiger partial charge on any atom is -0.501 e. The Balaban J connectivity index is 1.95. The molecule has 1 atom stereocenters. The highest BCUT2D eigenvalue weighted by molar-refractivity contribution is 8.03. The van der Waals surface area contributed by atoms with E-state index in [1.54, 1.807) is 6.92 Å². The molecular weight excluding hydrogens is 408 g/mol. The molecule has 3 rings (SSSR count). The number of hydrogen-bond acceptors (Lipinski definition) is 7. The van der Waals surface area contributed by atoms with Gasteiger partial charge in [-0.1, -0.05) is 47.2 Å². The first-order valence-electron chi connectivity index (χ1n) is 9.14. The van der Waals surface area contributed by atoms with Crippen molar-refractivity contribution >= 4 is 35.5 Å². The molecule has 1 heterocycles. The molecule has 1 aliphatic rings. The van der Waals surface area contributed by atoms with Gasteiger partial charge in [0.25, 0.3) is 5.60 Å². The van der Waals surface area contributed by atoms with Crippen LogP contribution in [0.2, 0.25) is 0 Å². The van der Waals surface area contributed by atoms with E-state index in [0.717, 1.165) is 32.7 Å². The molecule has 2 aromatic carbocycles. The molecule has 0 aliphatic carbocycles. The van der Waals surface area contributed by atoms with Crippen LogP contribution in [0, 0.1) is 13.8 Å². The maximum absolute atomic E-state index is 12.9. The maximum atomic E-state index is 12.9. The van der Waals surface area contributed by atoms with Crippen LogP contribution >= 0.6 is 23.5 Å². The lowest BCUT2D eigenvalue weighted by atomic mass is 10.1. The van der Waals surface area contributed by atoms with Crippen LogP contribution in [0.25, 0.3) is 0 Å². The lowest BCUT2D eigenvalue weighted by Gasteiger charge is -2.27. The first kappa shape index (κ1) is 21.3. The number of benzene rings is 2. The van der Waals surface area contributed by atoms with Gasteiger partial charge in [-0.15, -0.1) is 11.8 Å². The second-order valence-electron chi connectivity index (χ2n) is 6.63. The van der Waals surface area contributed by atoms with Gasteiger partial charge in [0.15, 0.2) is 0 Å². The van der Waals surface area contributed by atoms with Gasteiger partial charge in [-0.05, 0) is 45.0 Å². The van der Waals surface area contributed by atoms with Crippen LogP contribution in [-0.2, 0) is 19.1 Å². The Hall–Kier alpha value is -2.38. The van der Waals surface area contributed by atoms with Crippen molar-refractivity contribution in [2.75, 3.05) is 12.4 Å². The Labute approximate surface area is 178 Å². The lowest BCUT2D eigenvalue weighted by molar-refractivity contribution is -0.169. The van der Waals surface area contributed by atoms with E-state index in [2.05, 4.69) is 0 Å². The molecule has 0 saturated heterocycles. The molecule has 1 aliphatic heterocycles. The van der Waals surface area contributed by atoms with E-state index in [9.17, 15) is 14.7 Å². The van der Waals surface area contributed by atoms with Crippen molar-refractivity contribution in [2.24, 2.45) is 0 Å². The third kappa shape index (κ3) is 4.62. The molecule has 0 fully saturated rings. The summed E-state index contributed by atoms with van der Waals surface area (Å²) in [7, 11) is 0. The van der Waals surface area contributed by atoms with Crippen molar-refractivity contribution in [3.8, 4) is 0 Å². The summed E-state index contributed by atoms with van der Waals surface area (Å²) in [6.07, 6.45) is 0. The fourth-order valence-electron chi connectivity index (χ4n) is 2.75. The molecule has 7 heteroatoms. The number of thioether (sulfide) groups is 2. The third-order valence-electron chi connectivity index (χ3n) is 4.35. The van der Waals surface area contributed by atoms with Crippen LogP contribution in [0.3, 0.4) is 0 Å². The number of aliphatic hydroxyl groups is 1. The number of aryl methyl sites for hydroxylation is 2. The van der Waals surface area contributed by atoms with Crippen molar-refractivity contribution in [1.29, 1.82) is 0 Å². The van der Waals surface area contributed by atoms with Crippen molar-refractivity contribution in [3.05, 3.63) is 70.3 Å². The van der Waals surface area contributed by atoms with Crippen LogP contribution in [0.5, 0.6) is 0 Å². The minimum atomic E-state index is -1.69. The van der Waals surface area contributed by atoms with Gasteiger partial charge in [-0.25, -0.2) is 9.59 Å². The monoisotopic (exact) mass is 430 g/mol. The van der Waals surface area contributed by atoms with E-state index in [1.165, 1.54) is 11.8 Å². The molecule has 0 radical (unpaired) electrons. The van der Waals surface area contributed by atoms with Gasteiger partial charge in [0.05, 0.1) is 17.3 Å². The Kier molecular flexibility index (Phi) is 6.59. The fourth-order valence-corrected chi connectivity index (χ4v) is 4.91. The number of carbonyl (C=O) groups excluding carboxylic acids is 2. The van der Waals surface area contributed by atoms with E-state index < -0.39 is 23.3 Å². The predicted octanol–water partition coefficient (Wildman–Crippen LogP) is 4.82. The summed E-state index contributed by atoms with van der Waals surface area (Å²) >= 11 is 2.50. The largest absolute Gasteiger partial charge is 0.501 e. The number of esters is 2. The Morgan fingerprint density at radius 1 is 1.03 bits per heavy atom. The van der Waals surface area contributed by atoms with Gasteiger partial charge in [0.2, 0.25) is 5.76 Å². The van der Waals surface area contributed by atoms with Crippen LogP contribution < -0.4 is 0 Å². The van der Waals surface area contributed by atoms with E-state index in [0.29, 0.717) is 0 Å². The highest BCUT2D eigenvalue weighted by Gasteiger charge is 2.56. The zero-order valence-corrected chi connectivity index (χ0v) is 18.1. The molecular formula is C22H22O5S2. The molecule has 0 spiro atoms. The summed E-state index contributed by atoms with van der Waals surface area (Å²) in [5, 5.41) is 10.4. The summed E-state index contributed by atoms with van der Waals surface area (Å²) in [6.45, 7) is 5.78. The quantitative estimate of drug-likeness (QED) is 0.499. The predicted molar refractivity (Wildman–Crippen MR) is 114 cm³/mol. The van der Waals surface area contributed by atoms with Gasteiger partial charge < -0.3 is 14.6 Å². The van der Waals surface area contributed by atoms with Crippen molar-refractivity contribution in [1.82, 2.24) is 0 Å². The zero-order chi connectivity index (χ0) is 21.0. The lowest BCUT2D eigenvalue weighted by Crippen LogP contribution is -2.44. The average Bonchev–Trinajstić information content (AvgIpc) is 2.95. The number of hydrogen-bond donors (Lipinski definition) is 1. The van der Waals surface area contributed by atoms with Gasteiger partial charge >= 0.3 is 11.9 Å². The number of carbonyl (C=O) groups is 2. The smallest absolute Gasteiger partial charge is 0.375 e. The van der Waals surface area contributed by atoms with Crippen LogP contribution in [0.4, 0.5) is 0 Å². The van der Waals surface area contributed by atoms with Crippen LogP contribution in [0.1, 0.15) is 18.1 Å². The highest BCUT2D eigenvalue weighted by atomic mass is 32.2. The Morgan fingerprint density at radius 2 is 1.59 bits per heavy atom. The average molecular weight is 431 g/mol. The van der Waals surface area contributed by atoms with Crippen LogP contribution in [-0.4, -0.2) is 35.0 Å². The number of rotatable bonds is 7. The molecule has 0 aromatic heterocycles. The van der Waals surface area contributed by atoms with E-state index in [1.807, 2.05) is 62.4 Å². The summed E-state index contributed by atoms with van der Waals surface area (Å²) in [4.78, 5) is 27.0. The minimum absolute atomic E-state index is 0.0961. The summed E-state index contributed by atoms with van der Waals surface area (Å²) in [5.74, 6) is -2.06. The summed E-state index contributed by atoms with van der Waals surface area (Å²) in [6, 6.07) is 15.4. The van der Waals surface area contributed by atoms with Crippen molar-refractivity contribution < 1.29 is 24.2 Å². The van der Waals surface area contributed by atoms with E-state index in [-0.39, 0.29) is 17.3 Å². The Bertz CT molecular complexity index is 935. The maximum Gasteiger partial charge on any atom is 0.375 e. The first-order chi connectivity index (χ1) is 13.9. The standard InChI is InChI=1S/C22H22O5S2/c1-4-26-21(25)22(13-28-16-9-5-14(2)6-10-16)19(18(23)20(24)27-22)29-17-11-7-15(3)8-12-17/h5-12,23H,4,13H2,1-3H3. The third-order valence-corrected chi connectivity index (χ3v) is 6.74. The molecule has 0 saturated carbocycles. The molecule has 152 valence electrons. The molecule has 1 unspecified atom stereocenters. The van der Waals surface area contributed by atoms with Crippen molar-refractivity contribution in [2.45, 2.75) is 36.2 Å². The van der Waals surface area contributed by atoms with Gasteiger partial charge in [0, 0.05) is 9.79 Å². The second-order valence-corrected chi connectivity index (χ2v) is 8.76. The Morgan fingerprint density at radius 3 is 2.14 bits per heavy atom.